The Morgan fingerprint density at radius 2 is 1.94 bits per heavy atom. The minimum atomic E-state index is -2.26. The number of nitrogens with zero attached hydrogens (tertiary/aromatic N) is 4. The zero-order valence-corrected chi connectivity index (χ0v) is 18.2. The Morgan fingerprint density at radius 1 is 1.22 bits per heavy atom. The first-order chi connectivity index (χ1) is 15.1. The highest BCUT2D eigenvalue weighted by Crippen LogP contribution is 2.51. The van der Waals surface area contributed by atoms with Crippen molar-refractivity contribution >= 4 is 34.7 Å². The third-order valence-corrected chi connectivity index (χ3v) is 5.92. The molecule has 1 aliphatic heterocycles. The van der Waals surface area contributed by atoms with E-state index in [1.165, 1.54) is 38.0 Å². The average Bonchev–Trinajstić information content (AvgIpc) is 3.25. The van der Waals surface area contributed by atoms with Crippen LogP contribution >= 0.6 is 11.6 Å². The van der Waals surface area contributed by atoms with Gasteiger partial charge in [0.1, 0.15) is 24.6 Å². The smallest absolute Gasteiger partial charge is 0.338 e. The Balaban J connectivity index is 1.67. The van der Waals surface area contributed by atoms with Gasteiger partial charge in [0.05, 0.1) is 11.9 Å². The number of rotatable bonds is 5. The summed E-state index contributed by atoms with van der Waals surface area (Å²) in [5.74, 6) is -1.32. The molecule has 2 aromatic heterocycles. The maximum Gasteiger partial charge on any atom is 0.338 e. The van der Waals surface area contributed by atoms with E-state index in [1.807, 2.05) is 0 Å². The largest absolute Gasteiger partial charge is 0.459 e. The van der Waals surface area contributed by atoms with Crippen molar-refractivity contribution in [3.05, 3.63) is 53.7 Å². The van der Waals surface area contributed by atoms with E-state index in [4.69, 9.17) is 25.8 Å². The van der Waals surface area contributed by atoms with Crippen molar-refractivity contribution in [1.82, 2.24) is 19.5 Å². The third kappa shape index (κ3) is 3.59. The van der Waals surface area contributed by atoms with E-state index >= 15 is 4.39 Å². The zero-order chi connectivity index (χ0) is 23.1. The first-order valence-electron chi connectivity index (χ1n) is 9.74. The van der Waals surface area contributed by atoms with Gasteiger partial charge in [0.15, 0.2) is 28.3 Å². The van der Waals surface area contributed by atoms with Gasteiger partial charge in [-0.25, -0.2) is 24.1 Å². The SMILES string of the molecule is CC(=O)O[C@@]1(C)[C@@H](COC(=O)c2ccccc2)O[C@H](n2cnc3c(Cl)ncnc32)[C@]1(C)F. The fourth-order valence-corrected chi connectivity index (χ4v) is 3.94. The van der Waals surface area contributed by atoms with E-state index in [2.05, 4.69) is 15.0 Å². The number of halogens is 2. The van der Waals surface area contributed by atoms with Gasteiger partial charge >= 0.3 is 11.9 Å². The van der Waals surface area contributed by atoms with Gasteiger partial charge in [-0.1, -0.05) is 29.8 Å². The van der Waals surface area contributed by atoms with E-state index in [0.29, 0.717) is 5.56 Å². The predicted molar refractivity (Wildman–Crippen MR) is 111 cm³/mol. The molecule has 1 aromatic carbocycles. The number of hydrogen-bond acceptors (Lipinski definition) is 8. The molecule has 168 valence electrons. The van der Waals surface area contributed by atoms with E-state index in [1.54, 1.807) is 30.3 Å². The lowest BCUT2D eigenvalue weighted by Crippen LogP contribution is -2.55. The van der Waals surface area contributed by atoms with Crippen molar-refractivity contribution in [2.75, 3.05) is 6.61 Å². The van der Waals surface area contributed by atoms with E-state index in [9.17, 15) is 9.59 Å². The molecule has 3 heterocycles. The van der Waals surface area contributed by atoms with Crippen molar-refractivity contribution in [3.8, 4) is 0 Å². The van der Waals surface area contributed by atoms with Crippen LogP contribution in [-0.4, -0.2) is 55.4 Å². The summed E-state index contributed by atoms with van der Waals surface area (Å²) in [6.45, 7) is 3.46. The first-order valence-corrected chi connectivity index (χ1v) is 10.1. The van der Waals surface area contributed by atoms with Crippen LogP contribution < -0.4 is 0 Å². The Morgan fingerprint density at radius 3 is 2.62 bits per heavy atom. The van der Waals surface area contributed by atoms with Crippen LogP contribution in [0.3, 0.4) is 0 Å². The summed E-state index contributed by atoms with van der Waals surface area (Å²) in [5.41, 5.74) is -3.21. The molecule has 0 aliphatic carbocycles. The fourth-order valence-electron chi connectivity index (χ4n) is 3.77. The fraction of sp³-hybridized carbons (Fsp3) is 0.381. The van der Waals surface area contributed by atoms with Crippen LogP contribution in [0.25, 0.3) is 11.2 Å². The number of benzene rings is 1. The first kappa shape index (κ1) is 22.1. The lowest BCUT2D eigenvalue weighted by atomic mass is 9.84. The van der Waals surface area contributed by atoms with Crippen LogP contribution in [0.5, 0.6) is 0 Å². The van der Waals surface area contributed by atoms with Crippen molar-refractivity contribution < 1.29 is 28.2 Å². The maximum absolute atomic E-state index is 16.3. The summed E-state index contributed by atoms with van der Waals surface area (Å²) < 4.78 is 34.4. The van der Waals surface area contributed by atoms with Gasteiger partial charge in [-0.2, -0.15) is 0 Å². The Kier molecular flexibility index (Phi) is 5.59. The number of hydrogen-bond donors (Lipinski definition) is 0. The third-order valence-electron chi connectivity index (χ3n) is 5.64. The average molecular weight is 463 g/mol. The van der Waals surface area contributed by atoms with Crippen LogP contribution in [-0.2, 0) is 19.0 Å². The summed E-state index contributed by atoms with van der Waals surface area (Å²) in [6, 6.07) is 8.33. The van der Waals surface area contributed by atoms with Crippen molar-refractivity contribution in [2.24, 2.45) is 0 Å². The van der Waals surface area contributed by atoms with Crippen molar-refractivity contribution in [2.45, 2.75) is 44.4 Å². The Hall–Kier alpha value is -3.11. The Labute approximate surface area is 187 Å². The van der Waals surface area contributed by atoms with E-state index in [-0.39, 0.29) is 22.9 Å². The quantitative estimate of drug-likeness (QED) is 0.420. The number of fused-ring (bicyclic) bond motifs is 1. The molecule has 1 saturated heterocycles. The molecule has 0 saturated carbocycles. The van der Waals surface area contributed by atoms with Crippen LogP contribution in [0.15, 0.2) is 43.0 Å². The molecule has 32 heavy (non-hydrogen) atoms. The van der Waals surface area contributed by atoms with Gasteiger partial charge in [0, 0.05) is 6.92 Å². The molecule has 4 rings (SSSR count). The zero-order valence-electron chi connectivity index (χ0n) is 17.5. The van der Waals surface area contributed by atoms with Crippen LogP contribution in [0.1, 0.15) is 37.4 Å². The number of esters is 2. The second-order valence-corrected chi connectivity index (χ2v) is 8.06. The van der Waals surface area contributed by atoms with E-state index < -0.39 is 35.5 Å². The standard InChI is InChI=1S/C21H20ClFN4O5/c1-12(28)32-21(3)14(9-30-18(29)13-7-5-4-6-8-13)31-19(20(21,2)23)27-11-26-15-16(22)24-10-25-17(15)27/h4-8,10-11,14,19H,9H2,1-3H3/t14-,19+,20+,21+/m1/s1. The number of ether oxygens (including phenoxy) is 3. The number of carbonyl (C=O) groups is 2. The van der Waals surface area contributed by atoms with Crippen molar-refractivity contribution in [3.63, 3.8) is 0 Å². The number of aromatic nitrogens is 4. The summed E-state index contributed by atoms with van der Waals surface area (Å²) in [6.07, 6.45) is 0.120. The number of carbonyl (C=O) groups excluding carboxylic acids is 2. The van der Waals surface area contributed by atoms with Gasteiger partial charge in [-0.3, -0.25) is 9.36 Å². The Bertz CT molecular complexity index is 1170. The van der Waals surface area contributed by atoms with Gasteiger partial charge in [0.2, 0.25) is 0 Å². The van der Waals surface area contributed by atoms with Crippen LogP contribution in [0.2, 0.25) is 5.15 Å². The second-order valence-electron chi connectivity index (χ2n) is 7.71. The molecular weight excluding hydrogens is 443 g/mol. The minimum Gasteiger partial charge on any atom is -0.459 e. The summed E-state index contributed by atoms with van der Waals surface area (Å²) in [4.78, 5) is 36.4. The molecule has 0 radical (unpaired) electrons. The monoisotopic (exact) mass is 462 g/mol. The van der Waals surface area contributed by atoms with Crippen LogP contribution in [0, 0.1) is 0 Å². The molecule has 11 heteroatoms. The highest BCUT2D eigenvalue weighted by molar-refractivity contribution is 6.33. The molecule has 0 spiro atoms. The molecule has 4 atom stereocenters. The lowest BCUT2D eigenvalue weighted by Gasteiger charge is -2.36. The van der Waals surface area contributed by atoms with Crippen molar-refractivity contribution in [1.29, 1.82) is 0 Å². The van der Waals surface area contributed by atoms with E-state index in [0.717, 1.165) is 0 Å². The molecule has 1 aliphatic rings. The summed E-state index contributed by atoms with van der Waals surface area (Å²) in [5, 5.41) is 0.100. The number of alkyl halides is 1. The van der Waals surface area contributed by atoms with Gasteiger partial charge in [-0.15, -0.1) is 0 Å². The summed E-state index contributed by atoms with van der Waals surface area (Å²) in [7, 11) is 0. The van der Waals surface area contributed by atoms with Crippen LogP contribution in [0.4, 0.5) is 4.39 Å². The van der Waals surface area contributed by atoms with Gasteiger partial charge in [-0.05, 0) is 26.0 Å². The maximum atomic E-state index is 16.3. The molecular formula is C21H20ClFN4O5. The second kappa shape index (κ2) is 8.10. The molecule has 0 bridgehead atoms. The molecule has 3 aromatic rings. The normalized spacial score (nSPS) is 27.4. The minimum absolute atomic E-state index is 0.100. The molecule has 1 fully saturated rings. The molecule has 0 unspecified atom stereocenters. The molecule has 9 nitrogen and oxygen atoms in total. The topological polar surface area (TPSA) is 105 Å². The molecule has 0 amide bonds. The van der Waals surface area contributed by atoms with Gasteiger partial charge < -0.3 is 14.2 Å². The number of imidazole rings is 1. The van der Waals surface area contributed by atoms with Gasteiger partial charge in [0.25, 0.3) is 0 Å². The molecule has 0 N–H and O–H groups in total. The highest BCUT2D eigenvalue weighted by atomic mass is 35.5. The summed E-state index contributed by atoms with van der Waals surface area (Å²) >= 11 is 6.06. The predicted octanol–water partition coefficient (Wildman–Crippen LogP) is 3.28. The lowest BCUT2D eigenvalue weighted by molar-refractivity contribution is -0.175. The highest BCUT2D eigenvalue weighted by Gasteiger charge is 2.66.